The van der Waals surface area contributed by atoms with Gasteiger partial charge in [-0.3, -0.25) is 9.59 Å². The zero-order valence-corrected chi connectivity index (χ0v) is 11.7. The number of Topliss-reactive ketones (excluding diaryl/α,β-unsaturated/α-hetero) is 1. The van der Waals surface area contributed by atoms with Crippen LogP contribution in [0.5, 0.6) is 0 Å². The monoisotopic (exact) mass is 301 g/mol. The number of ketones is 1. The van der Waals surface area contributed by atoms with E-state index in [9.17, 15) is 18.0 Å². The van der Waals surface area contributed by atoms with E-state index in [1.807, 2.05) is 0 Å². The zero-order chi connectivity index (χ0) is 14.2. The molecule has 0 N–H and O–H groups in total. The van der Waals surface area contributed by atoms with Crippen LogP contribution in [0.2, 0.25) is 0 Å². The van der Waals surface area contributed by atoms with Crippen molar-refractivity contribution in [3.05, 3.63) is 29.8 Å². The van der Waals surface area contributed by atoms with Crippen LogP contribution in [0.3, 0.4) is 0 Å². The summed E-state index contributed by atoms with van der Waals surface area (Å²) >= 11 is 0. The fourth-order valence-corrected chi connectivity index (χ4v) is 3.03. The number of benzene rings is 1. The molecule has 1 aromatic rings. The first kappa shape index (κ1) is 14.0. The highest BCUT2D eigenvalue weighted by atomic mass is 35.7. The molecule has 0 aromatic heterocycles. The SMILES string of the molecule is CC(=O)c1cccc(N2CC(S(=O)(=O)Cl)CC2=O)c1. The summed E-state index contributed by atoms with van der Waals surface area (Å²) in [5.74, 6) is -0.426. The smallest absolute Gasteiger partial charge is 0.237 e. The van der Waals surface area contributed by atoms with Gasteiger partial charge in [0.25, 0.3) is 0 Å². The molecule has 1 aromatic carbocycles. The second-order valence-electron chi connectivity index (χ2n) is 4.41. The van der Waals surface area contributed by atoms with Crippen molar-refractivity contribution in [3.63, 3.8) is 0 Å². The standard InChI is InChI=1S/C12H12ClNO4S/c1-8(15)9-3-2-4-10(5-9)14-7-11(6-12(14)16)19(13,17)18/h2-5,11H,6-7H2,1H3. The lowest BCUT2D eigenvalue weighted by atomic mass is 10.1. The number of amides is 1. The van der Waals surface area contributed by atoms with Crippen molar-refractivity contribution in [1.29, 1.82) is 0 Å². The lowest BCUT2D eigenvalue weighted by Crippen LogP contribution is -2.26. The van der Waals surface area contributed by atoms with Gasteiger partial charge in [0.1, 0.15) is 5.25 Å². The minimum absolute atomic E-state index is 0.0199. The molecular formula is C12H12ClNO4S. The number of halogens is 1. The predicted octanol–water partition coefficient (Wildman–Crippen LogP) is 1.56. The quantitative estimate of drug-likeness (QED) is 0.627. The average molecular weight is 302 g/mol. The minimum atomic E-state index is -3.76. The van der Waals surface area contributed by atoms with Gasteiger partial charge in [-0.15, -0.1) is 0 Å². The summed E-state index contributed by atoms with van der Waals surface area (Å²) in [4.78, 5) is 24.5. The predicted molar refractivity (Wildman–Crippen MR) is 72.0 cm³/mol. The van der Waals surface area contributed by atoms with Gasteiger partial charge in [-0.2, -0.15) is 0 Å². The molecule has 0 saturated carbocycles. The summed E-state index contributed by atoms with van der Waals surface area (Å²) in [7, 11) is 1.52. The van der Waals surface area contributed by atoms with Gasteiger partial charge in [0.15, 0.2) is 5.78 Å². The topological polar surface area (TPSA) is 71.5 Å². The Morgan fingerprint density at radius 3 is 2.63 bits per heavy atom. The molecular weight excluding hydrogens is 290 g/mol. The third-order valence-electron chi connectivity index (χ3n) is 3.05. The fourth-order valence-electron chi connectivity index (χ4n) is 2.01. The number of nitrogens with zero attached hydrogens (tertiary/aromatic N) is 1. The molecule has 102 valence electrons. The molecule has 1 saturated heterocycles. The summed E-state index contributed by atoms with van der Waals surface area (Å²) in [6.07, 6.45) is -0.129. The number of carbonyl (C=O) groups excluding carboxylic acids is 2. The first-order valence-electron chi connectivity index (χ1n) is 5.64. The Bertz CT molecular complexity index is 641. The van der Waals surface area contributed by atoms with Gasteiger partial charge in [0.05, 0.1) is 0 Å². The van der Waals surface area contributed by atoms with E-state index in [-0.39, 0.29) is 24.7 Å². The van der Waals surface area contributed by atoms with Crippen molar-refractivity contribution in [2.75, 3.05) is 11.4 Å². The maximum Gasteiger partial charge on any atom is 0.237 e. The number of hydrogen-bond acceptors (Lipinski definition) is 4. The van der Waals surface area contributed by atoms with Gasteiger partial charge in [-0.05, 0) is 19.1 Å². The molecule has 1 heterocycles. The number of rotatable bonds is 3. The van der Waals surface area contributed by atoms with Crippen LogP contribution in [0.1, 0.15) is 23.7 Å². The van der Waals surface area contributed by atoms with Crippen LogP contribution in [-0.4, -0.2) is 31.9 Å². The van der Waals surface area contributed by atoms with Crippen LogP contribution >= 0.6 is 10.7 Å². The molecule has 1 aliphatic heterocycles. The van der Waals surface area contributed by atoms with Crippen LogP contribution in [0.4, 0.5) is 5.69 Å². The maximum atomic E-state index is 11.8. The average Bonchev–Trinajstić information content (AvgIpc) is 2.71. The Hall–Kier alpha value is -1.40. The third kappa shape index (κ3) is 2.96. The van der Waals surface area contributed by atoms with E-state index in [2.05, 4.69) is 0 Å². The van der Waals surface area contributed by atoms with Gasteiger partial charge in [0, 0.05) is 34.9 Å². The van der Waals surface area contributed by atoms with Gasteiger partial charge in [-0.25, -0.2) is 8.42 Å². The van der Waals surface area contributed by atoms with E-state index in [0.717, 1.165) is 0 Å². The lowest BCUT2D eigenvalue weighted by Gasteiger charge is -2.16. The highest BCUT2D eigenvalue weighted by Gasteiger charge is 2.38. The van der Waals surface area contributed by atoms with E-state index in [0.29, 0.717) is 11.3 Å². The first-order chi connectivity index (χ1) is 8.79. The van der Waals surface area contributed by atoms with Crippen molar-refractivity contribution in [3.8, 4) is 0 Å². The highest BCUT2D eigenvalue weighted by Crippen LogP contribution is 2.27. The largest absolute Gasteiger partial charge is 0.311 e. The molecule has 1 amide bonds. The van der Waals surface area contributed by atoms with Crippen molar-refractivity contribution >= 4 is 37.1 Å². The Kier molecular flexibility index (Phi) is 3.64. The van der Waals surface area contributed by atoms with Gasteiger partial charge in [-0.1, -0.05) is 12.1 Å². The first-order valence-corrected chi connectivity index (χ1v) is 8.01. The molecule has 1 atom stereocenters. The number of anilines is 1. The van der Waals surface area contributed by atoms with Gasteiger partial charge < -0.3 is 4.90 Å². The molecule has 0 spiro atoms. The number of carbonyl (C=O) groups is 2. The van der Waals surface area contributed by atoms with E-state index < -0.39 is 14.3 Å². The van der Waals surface area contributed by atoms with Crippen LogP contribution in [-0.2, 0) is 13.8 Å². The second kappa shape index (κ2) is 4.94. The molecule has 5 nitrogen and oxygen atoms in total. The second-order valence-corrected chi connectivity index (χ2v) is 7.32. The van der Waals surface area contributed by atoms with Crippen LogP contribution in [0.25, 0.3) is 0 Å². The molecule has 2 rings (SSSR count). The fraction of sp³-hybridized carbons (Fsp3) is 0.333. The Morgan fingerprint density at radius 2 is 2.11 bits per heavy atom. The summed E-state index contributed by atoms with van der Waals surface area (Å²) in [6, 6.07) is 6.53. The van der Waals surface area contributed by atoms with Gasteiger partial charge in [0.2, 0.25) is 15.0 Å². The molecule has 19 heavy (non-hydrogen) atoms. The van der Waals surface area contributed by atoms with Crippen molar-refractivity contribution in [2.24, 2.45) is 0 Å². The summed E-state index contributed by atoms with van der Waals surface area (Å²) in [6.45, 7) is 1.45. The van der Waals surface area contributed by atoms with E-state index in [1.165, 1.54) is 11.8 Å². The van der Waals surface area contributed by atoms with Crippen molar-refractivity contribution in [2.45, 2.75) is 18.6 Å². The van der Waals surface area contributed by atoms with E-state index in [4.69, 9.17) is 10.7 Å². The maximum absolute atomic E-state index is 11.8. The molecule has 7 heteroatoms. The van der Waals surface area contributed by atoms with Crippen LogP contribution in [0.15, 0.2) is 24.3 Å². The molecule has 0 bridgehead atoms. The van der Waals surface area contributed by atoms with E-state index >= 15 is 0 Å². The molecule has 0 aliphatic carbocycles. The third-order valence-corrected chi connectivity index (χ3v) is 4.92. The minimum Gasteiger partial charge on any atom is -0.311 e. The highest BCUT2D eigenvalue weighted by molar-refractivity contribution is 8.14. The Morgan fingerprint density at radius 1 is 1.42 bits per heavy atom. The van der Waals surface area contributed by atoms with Crippen molar-refractivity contribution < 1.29 is 18.0 Å². The molecule has 1 aliphatic rings. The summed E-state index contributed by atoms with van der Waals surface area (Å²) in [5, 5.41) is -0.900. The summed E-state index contributed by atoms with van der Waals surface area (Å²) < 4.78 is 22.5. The van der Waals surface area contributed by atoms with Crippen molar-refractivity contribution in [1.82, 2.24) is 0 Å². The number of hydrogen-bond donors (Lipinski definition) is 0. The Balaban J connectivity index is 2.31. The van der Waals surface area contributed by atoms with Crippen LogP contribution in [0, 0.1) is 0 Å². The molecule has 0 radical (unpaired) electrons. The van der Waals surface area contributed by atoms with E-state index in [1.54, 1.807) is 24.3 Å². The normalized spacial score (nSPS) is 19.8. The molecule has 1 unspecified atom stereocenters. The lowest BCUT2D eigenvalue weighted by molar-refractivity contribution is -0.117. The summed E-state index contributed by atoms with van der Waals surface area (Å²) in [5.41, 5.74) is 0.989. The van der Waals surface area contributed by atoms with Crippen LogP contribution < -0.4 is 4.90 Å². The molecule has 1 fully saturated rings. The Labute approximate surface area is 115 Å². The zero-order valence-electron chi connectivity index (χ0n) is 10.2. The van der Waals surface area contributed by atoms with Gasteiger partial charge >= 0.3 is 0 Å².